The molecular weight excluding hydrogens is 486 g/mol. The molecule has 0 radical (unpaired) electrons. The van der Waals surface area contributed by atoms with Crippen LogP contribution < -0.4 is 5.32 Å². The first kappa shape index (κ1) is 22.9. The number of aromatic nitrogens is 8. The number of rotatable bonds is 7. The summed E-state index contributed by atoms with van der Waals surface area (Å²) in [4.78, 5) is 26.3. The predicted octanol–water partition coefficient (Wildman–Crippen LogP) is 5.31. The van der Waals surface area contributed by atoms with Gasteiger partial charge in [0.15, 0.2) is 17.1 Å². The van der Waals surface area contributed by atoms with E-state index in [0.717, 1.165) is 45.4 Å². The second-order valence-corrected chi connectivity index (χ2v) is 9.22. The van der Waals surface area contributed by atoms with E-state index in [4.69, 9.17) is 4.98 Å². The fraction of sp³-hybridized carbons (Fsp3) is 0.0667. The van der Waals surface area contributed by atoms with Crippen LogP contribution in [-0.2, 0) is 13.1 Å². The SMILES string of the molecule is c1ccc(CNCc2cncc(-c3cnc4[nH]nc(-c5nc6c(-c7ccccn7)ccnc6[nH]5)c4c3)c2)cc1. The first-order chi connectivity index (χ1) is 19.3. The van der Waals surface area contributed by atoms with Gasteiger partial charge in [0.2, 0.25) is 0 Å². The Balaban J connectivity index is 1.20. The number of nitrogens with zero attached hydrogens (tertiary/aromatic N) is 6. The molecule has 0 unspecified atom stereocenters. The highest BCUT2D eigenvalue weighted by atomic mass is 15.2. The number of hydrogen-bond acceptors (Lipinski definition) is 7. The lowest BCUT2D eigenvalue weighted by Gasteiger charge is -2.07. The average Bonchev–Trinajstić information content (AvgIpc) is 3.62. The highest BCUT2D eigenvalue weighted by Crippen LogP contribution is 2.31. The standard InChI is InChI=1S/C30H23N9/c1-2-6-19(7-3-1)14-31-15-20-12-21(17-32-16-20)22-13-24-27(38-39-28(24)35-18-22)30-36-26-23(9-11-34-29(26)37-30)25-8-4-5-10-33-25/h1-13,16-18,31H,14-15H2,(H,34,36,37)(H,35,38,39). The summed E-state index contributed by atoms with van der Waals surface area (Å²) in [6, 6.07) is 22.3. The molecule has 0 aliphatic heterocycles. The summed E-state index contributed by atoms with van der Waals surface area (Å²) in [5.41, 5.74) is 8.80. The third-order valence-corrected chi connectivity index (χ3v) is 6.60. The maximum absolute atomic E-state index is 4.87. The van der Waals surface area contributed by atoms with Gasteiger partial charge < -0.3 is 10.3 Å². The van der Waals surface area contributed by atoms with Crippen molar-refractivity contribution in [2.24, 2.45) is 0 Å². The van der Waals surface area contributed by atoms with Crippen molar-refractivity contribution in [2.75, 3.05) is 0 Å². The predicted molar refractivity (Wildman–Crippen MR) is 150 cm³/mol. The molecular formula is C30H23N9. The van der Waals surface area contributed by atoms with Crippen molar-refractivity contribution in [2.45, 2.75) is 13.1 Å². The van der Waals surface area contributed by atoms with Gasteiger partial charge >= 0.3 is 0 Å². The Morgan fingerprint density at radius 1 is 0.718 bits per heavy atom. The summed E-state index contributed by atoms with van der Waals surface area (Å²) >= 11 is 0. The monoisotopic (exact) mass is 509 g/mol. The summed E-state index contributed by atoms with van der Waals surface area (Å²) < 4.78 is 0. The van der Waals surface area contributed by atoms with E-state index in [1.807, 2.05) is 61.1 Å². The van der Waals surface area contributed by atoms with Crippen molar-refractivity contribution < 1.29 is 0 Å². The zero-order valence-electron chi connectivity index (χ0n) is 20.8. The van der Waals surface area contributed by atoms with E-state index < -0.39 is 0 Å². The summed E-state index contributed by atoms with van der Waals surface area (Å²) in [6.07, 6.45) is 9.10. The molecule has 9 heteroatoms. The number of imidazole rings is 1. The number of pyridine rings is 4. The molecule has 6 heterocycles. The van der Waals surface area contributed by atoms with Crippen LogP contribution >= 0.6 is 0 Å². The van der Waals surface area contributed by atoms with Crippen LogP contribution in [0, 0.1) is 0 Å². The number of benzene rings is 1. The molecule has 0 saturated heterocycles. The van der Waals surface area contributed by atoms with E-state index in [9.17, 15) is 0 Å². The summed E-state index contributed by atoms with van der Waals surface area (Å²) in [7, 11) is 0. The minimum atomic E-state index is 0.614. The molecule has 188 valence electrons. The maximum atomic E-state index is 4.87. The second-order valence-electron chi connectivity index (χ2n) is 9.22. The molecule has 0 atom stereocenters. The highest BCUT2D eigenvalue weighted by Gasteiger charge is 2.17. The van der Waals surface area contributed by atoms with Crippen LogP contribution in [0.3, 0.4) is 0 Å². The van der Waals surface area contributed by atoms with Crippen LogP contribution in [0.15, 0.2) is 97.7 Å². The van der Waals surface area contributed by atoms with Crippen LogP contribution in [0.25, 0.3) is 56.1 Å². The Bertz CT molecular complexity index is 1890. The van der Waals surface area contributed by atoms with Crippen LogP contribution in [0.4, 0.5) is 0 Å². The zero-order valence-corrected chi connectivity index (χ0v) is 20.8. The molecule has 0 aliphatic carbocycles. The first-order valence-corrected chi connectivity index (χ1v) is 12.6. The topological polar surface area (TPSA) is 121 Å². The number of aromatic amines is 2. The molecule has 7 rings (SSSR count). The van der Waals surface area contributed by atoms with E-state index in [2.05, 4.69) is 64.7 Å². The van der Waals surface area contributed by atoms with E-state index in [0.29, 0.717) is 29.4 Å². The van der Waals surface area contributed by atoms with Crippen molar-refractivity contribution in [1.29, 1.82) is 0 Å². The van der Waals surface area contributed by atoms with Gasteiger partial charge in [-0.05, 0) is 41.5 Å². The number of fused-ring (bicyclic) bond motifs is 2. The van der Waals surface area contributed by atoms with E-state index in [1.165, 1.54) is 5.56 Å². The number of H-pyrrole nitrogens is 2. The van der Waals surface area contributed by atoms with E-state index >= 15 is 0 Å². The van der Waals surface area contributed by atoms with E-state index in [1.54, 1.807) is 12.4 Å². The Morgan fingerprint density at radius 2 is 1.59 bits per heavy atom. The van der Waals surface area contributed by atoms with Gasteiger partial charge in [0.05, 0.1) is 11.1 Å². The minimum absolute atomic E-state index is 0.614. The molecule has 7 aromatic rings. The second kappa shape index (κ2) is 9.88. The minimum Gasteiger partial charge on any atom is -0.321 e. The molecule has 0 aliphatic rings. The van der Waals surface area contributed by atoms with Crippen LogP contribution in [0.1, 0.15) is 11.1 Å². The van der Waals surface area contributed by atoms with Crippen molar-refractivity contribution >= 4 is 22.2 Å². The Kier molecular flexibility index (Phi) is 5.80. The average molecular weight is 510 g/mol. The van der Waals surface area contributed by atoms with Gasteiger partial charge in [-0.15, -0.1) is 0 Å². The highest BCUT2D eigenvalue weighted by molar-refractivity contribution is 5.95. The molecule has 0 fully saturated rings. The summed E-state index contributed by atoms with van der Waals surface area (Å²) in [6.45, 7) is 1.51. The fourth-order valence-corrected chi connectivity index (χ4v) is 4.68. The summed E-state index contributed by atoms with van der Waals surface area (Å²) in [5, 5.41) is 11.9. The van der Waals surface area contributed by atoms with Gasteiger partial charge in [-0.1, -0.05) is 36.4 Å². The number of hydrogen-bond donors (Lipinski definition) is 3. The molecule has 0 saturated carbocycles. The Morgan fingerprint density at radius 3 is 2.49 bits per heavy atom. The lowest BCUT2D eigenvalue weighted by molar-refractivity contribution is 0.691. The van der Waals surface area contributed by atoms with Gasteiger partial charge in [-0.2, -0.15) is 5.10 Å². The van der Waals surface area contributed by atoms with Crippen molar-refractivity contribution in [3.05, 3.63) is 109 Å². The van der Waals surface area contributed by atoms with Crippen molar-refractivity contribution in [3.63, 3.8) is 0 Å². The zero-order chi connectivity index (χ0) is 26.0. The van der Waals surface area contributed by atoms with Gasteiger partial charge in [-0.3, -0.25) is 15.1 Å². The Labute approximate surface area is 223 Å². The van der Waals surface area contributed by atoms with Gasteiger partial charge in [0.1, 0.15) is 11.2 Å². The molecule has 39 heavy (non-hydrogen) atoms. The molecule has 0 spiro atoms. The summed E-state index contributed by atoms with van der Waals surface area (Å²) in [5.74, 6) is 0.614. The molecule has 0 amide bonds. The van der Waals surface area contributed by atoms with E-state index in [-0.39, 0.29) is 0 Å². The molecule has 1 aromatic carbocycles. The smallest absolute Gasteiger partial charge is 0.161 e. The number of nitrogens with one attached hydrogen (secondary N) is 3. The molecule has 0 bridgehead atoms. The third kappa shape index (κ3) is 4.51. The van der Waals surface area contributed by atoms with Gasteiger partial charge in [0.25, 0.3) is 0 Å². The first-order valence-electron chi connectivity index (χ1n) is 12.6. The fourth-order valence-electron chi connectivity index (χ4n) is 4.68. The molecule has 6 aromatic heterocycles. The van der Waals surface area contributed by atoms with Crippen molar-refractivity contribution in [3.8, 4) is 33.9 Å². The third-order valence-electron chi connectivity index (χ3n) is 6.60. The quantitative estimate of drug-likeness (QED) is 0.266. The normalized spacial score (nSPS) is 11.4. The van der Waals surface area contributed by atoms with Gasteiger partial charge in [0, 0.05) is 60.8 Å². The Hall–Kier alpha value is -5.28. The van der Waals surface area contributed by atoms with Gasteiger partial charge in [-0.25, -0.2) is 15.0 Å². The maximum Gasteiger partial charge on any atom is 0.161 e. The largest absolute Gasteiger partial charge is 0.321 e. The van der Waals surface area contributed by atoms with Crippen molar-refractivity contribution in [1.82, 2.24) is 45.4 Å². The lowest BCUT2D eigenvalue weighted by Crippen LogP contribution is -2.12. The van der Waals surface area contributed by atoms with Crippen LogP contribution in [-0.4, -0.2) is 40.1 Å². The molecule has 3 N–H and O–H groups in total. The lowest BCUT2D eigenvalue weighted by atomic mass is 10.1. The van der Waals surface area contributed by atoms with Crippen LogP contribution in [0.2, 0.25) is 0 Å². The molecule has 9 nitrogen and oxygen atoms in total. The van der Waals surface area contributed by atoms with Crippen LogP contribution in [0.5, 0.6) is 0 Å².